The summed E-state index contributed by atoms with van der Waals surface area (Å²) in [7, 11) is 1.65. The number of amides is 2. The summed E-state index contributed by atoms with van der Waals surface area (Å²) in [6.07, 6.45) is 5.95. The van der Waals surface area contributed by atoms with Gasteiger partial charge in [0.05, 0.1) is 38.5 Å². The third-order valence-electron chi connectivity index (χ3n) is 6.45. The second-order valence-corrected chi connectivity index (χ2v) is 8.47. The second-order valence-electron chi connectivity index (χ2n) is 8.47. The van der Waals surface area contributed by atoms with E-state index in [4.69, 9.17) is 19.6 Å². The molecule has 1 unspecified atom stereocenters. The van der Waals surface area contributed by atoms with Crippen LogP contribution < -0.4 is 15.8 Å². The normalized spacial score (nSPS) is 23.6. The minimum atomic E-state index is -1.09. The molecule has 2 aromatic rings. The molecule has 0 radical (unpaired) electrons. The molecule has 0 saturated carbocycles. The van der Waals surface area contributed by atoms with Crippen molar-refractivity contribution in [1.82, 2.24) is 14.7 Å². The quantitative estimate of drug-likeness (QED) is 0.728. The fourth-order valence-electron chi connectivity index (χ4n) is 4.59. The number of morpholine rings is 1. The van der Waals surface area contributed by atoms with Crippen molar-refractivity contribution in [2.45, 2.75) is 12.3 Å². The number of furan rings is 1. The first-order valence-electron chi connectivity index (χ1n) is 11.3. The van der Waals surface area contributed by atoms with E-state index < -0.39 is 5.91 Å². The number of fused-ring (bicyclic) bond motifs is 1. The van der Waals surface area contributed by atoms with Crippen LogP contribution in [-0.2, 0) is 4.74 Å². The third kappa shape index (κ3) is 4.29. The highest BCUT2D eigenvalue weighted by Gasteiger charge is 2.37. The van der Waals surface area contributed by atoms with Crippen LogP contribution in [0.25, 0.3) is 11.1 Å². The Bertz CT molecular complexity index is 1020. The van der Waals surface area contributed by atoms with Gasteiger partial charge < -0.3 is 29.0 Å². The zero-order valence-electron chi connectivity index (χ0n) is 18.8. The van der Waals surface area contributed by atoms with E-state index in [1.807, 2.05) is 28.0 Å². The van der Waals surface area contributed by atoms with E-state index in [1.165, 1.54) is 0 Å². The van der Waals surface area contributed by atoms with Gasteiger partial charge in [0, 0.05) is 68.2 Å². The number of rotatable bonds is 3. The van der Waals surface area contributed by atoms with Gasteiger partial charge in [-0.05, 0) is 18.6 Å². The molecule has 10 nitrogen and oxygen atoms in total. The molecule has 0 bridgehead atoms. The molecule has 3 aliphatic rings. The molecule has 3 aliphatic heterocycles. The molecule has 176 valence electrons. The van der Waals surface area contributed by atoms with Crippen LogP contribution in [0.5, 0.6) is 5.75 Å². The summed E-state index contributed by atoms with van der Waals surface area (Å²) >= 11 is 0. The van der Waals surface area contributed by atoms with Crippen LogP contribution in [0, 0.1) is 0 Å². The Kier molecular flexibility index (Phi) is 5.96. The molecule has 1 aromatic carbocycles. The van der Waals surface area contributed by atoms with E-state index in [-0.39, 0.29) is 6.03 Å². The average molecular weight is 455 g/mol. The van der Waals surface area contributed by atoms with Crippen molar-refractivity contribution < 1.29 is 18.7 Å². The van der Waals surface area contributed by atoms with Gasteiger partial charge in [0.25, 0.3) is 0 Å². The maximum absolute atomic E-state index is 12.9. The largest absolute Gasteiger partial charge is 0.496 e. The molecular formula is C23H30N6O4. The molecule has 0 aliphatic carbocycles. The van der Waals surface area contributed by atoms with Crippen LogP contribution in [0.3, 0.4) is 0 Å². The van der Waals surface area contributed by atoms with Crippen molar-refractivity contribution in [3.63, 3.8) is 0 Å². The van der Waals surface area contributed by atoms with E-state index in [0.717, 1.165) is 41.1 Å². The van der Waals surface area contributed by atoms with Gasteiger partial charge in [-0.15, -0.1) is 0 Å². The molecule has 2 fully saturated rings. The van der Waals surface area contributed by atoms with Crippen molar-refractivity contribution in [1.29, 1.82) is 0 Å². The first-order chi connectivity index (χ1) is 16.1. The number of methoxy groups -OCH3 is 1. The fraction of sp³-hybridized carbons (Fsp3) is 0.478. The Hall–Kier alpha value is -3.08. The van der Waals surface area contributed by atoms with Crippen LogP contribution in [0.4, 0.5) is 10.5 Å². The summed E-state index contributed by atoms with van der Waals surface area (Å²) < 4.78 is 16.2. The molecule has 2 saturated heterocycles. The topological polar surface area (TPSA) is 109 Å². The predicted molar refractivity (Wildman–Crippen MR) is 124 cm³/mol. The molecule has 2 amide bonds. The van der Waals surface area contributed by atoms with Crippen molar-refractivity contribution in [3.05, 3.63) is 36.3 Å². The number of benzene rings is 1. The van der Waals surface area contributed by atoms with E-state index in [1.54, 1.807) is 25.9 Å². The van der Waals surface area contributed by atoms with Gasteiger partial charge in [0.1, 0.15) is 5.75 Å². The van der Waals surface area contributed by atoms with Crippen LogP contribution in [0.1, 0.15) is 12.0 Å². The summed E-state index contributed by atoms with van der Waals surface area (Å²) in [6, 6.07) is 5.93. The van der Waals surface area contributed by atoms with Crippen LogP contribution >= 0.6 is 0 Å². The molecule has 10 heteroatoms. The summed E-state index contributed by atoms with van der Waals surface area (Å²) in [4.78, 5) is 23.5. The first-order valence-corrected chi connectivity index (χ1v) is 11.3. The zero-order chi connectivity index (χ0) is 22.8. The SMILES string of the molecule is COc1cc2c(cc1-c1ccoc1)C=NC(N)(N1CCCN(C(=O)N3CCOCC3)CC1)N2. The molecule has 3 N–H and O–H groups in total. The number of hydrogen-bond donors (Lipinski definition) is 2. The lowest BCUT2D eigenvalue weighted by molar-refractivity contribution is 0.0432. The number of urea groups is 1. The van der Waals surface area contributed by atoms with Gasteiger partial charge in [-0.25, -0.2) is 14.7 Å². The maximum Gasteiger partial charge on any atom is 0.320 e. The smallest absolute Gasteiger partial charge is 0.320 e. The average Bonchev–Trinajstić information content (AvgIpc) is 3.27. The monoisotopic (exact) mass is 454 g/mol. The molecule has 0 spiro atoms. The highest BCUT2D eigenvalue weighted by molar-refractivity contribution is 5.94. The first kappa shape index (κ1) is 21.7. The predicted octanol–water partition coefficient (Wildman–Crippen LogP) is 1.83. The number of anilines is 1. The Balaban J connectivity index is 1.31. The fourth-order valence-corrected chi connectivity index (χ4v) is 4.59. The Morgan fingerprint density at radius 1 is 1.15 bits per heavy atom. The summed E-state index contributed by atoms with van der Waals surface area (Å²) in [5.74, 6) is -0.369. The van der Waals surface area contributed by atoms with Crippen molar-refractivity contribution in [3.8, 4) is 16.9 Å². The molecule has 1 atom stereocenters. The van der Waals surface area contributed by atoms with Crippen molar-refractivity contribution >= 4 is 17.9 Å². The lowest BCUT2D eigenvalue weighted by Crippen LogP contribution is -2.62. The number of nitrogens with one attached hydrogen (secondary N) is 1. The highest BCUT2D eigenvalue weighted by Crippen LogP contribution is 2.37. The lowest BCUT2D eigenvalue weighted by atomic mass is 10.0. The van der Waals surface area contributed by atoms with Gasteiger partial charge in [-0.3, -0.25) is 5.73 Å². The molecule has 1 aromatic heterocycles. The highest BCUT2D eigenvalue weighted by atomic mass is 16.5. The van der Waals surface area contributed by atoms with Gasteiger partial charge >= 0.3 is 6.03 Å². The van der Waals surface area contributed by atoms with Crippen LogP contribution in [0.15, 0.2) is 40.1 Å². The van der Waals surface area contributed by atoms with E-state index >= 15 is 0 Å². The third-order valence-corrected chi connectivity index (χ3v) is 6.45. The summed E-state index contributed by atoms with van der Waals surface area (Å²) in [5.41, 5.74) is 10.4. The Morgan fingerprint density at radius 3 is 2.73 bits per heavy atom. The van der Waals surface area contributed by atoms with Gasteiger partial charge in [0.15, 0.2) is 0 Å². The molecule has 4 heterocycles. The van der Waals surface area contributed by atoms with E-state index in [0.29, 0.717) is 45.9 Å². The minimum absolute atomic E-state index is 0.0770. The second kappa shape index (κ2) is 9.05. The van der Waals surface area contributed by atoms with Crippen molar-refractivity contribution in [2.24, 2.45) is 10.7 Å². The standard InChI is InChI=1S/C23H30N6O4/c1-31-21-14-20-18(13-19(21)17-3-10-33-16-17)15-25-23(24,26-20)29-5-2-4-27(6-7-29)22(30)28-8-11-32-12-9-28/h3,10,13-16,26H,2,4-9,11-12,24H2,1H3. The van der Waals surface area contributed by atoms with Crippen molar-refractivity contribution in [2.75, 3.05) is 64.9 Å². The summed E-state index contributed by atoms with van der Waals surface area (Å²) in [6.45, 7) is 5.13. The minimum Gasteiger partial charge on any atom is -0.496 e. The van der Waals surface area contributed by atoms with Crippen LogP contribution in [0.2, 0.25) is 0 Å². The number of ether oxygens (including phenoxy) is 2. The molecule has 33 heavy (non-hydrogen) atoms. The van der Waals surface area contributed by atoms with Gasteiger partial charge in [-0.2, -0.15) is 0 Å². The number of nitrogens with two attached hydrogens (primary N) is 1. The summed E-state index contributed by atoms with van der Waals surface area (Å²) in [5, 5.41) is 3.40. The zero-order valence-corrected chi connectivity index (χ0v) is 18.8. The molecular weight excluding hydrogens is 424 g/mol. The van der Waals surface area contributed by atoms with Gasteiger partial charge in [0.2, 0.25) is 5.91 Å². The maximum atomic E-state index is 12.9. The Morgan fingerprint density at radius 2 is 1.97 bits per heavy atom. The number of hydrogen-bond acceptors (Lipinski definition) is 8. The van der Waals surface area contributed by atoms with E-state index in [2.05, 4.69) is 15.2 Å². The Labute approximate surface area is 192 Å². The number of nitrogens with zero attached hydrogens (tertiary/aromatic N) is 4. The number of carbonyl (C=O) groups is 1. The lowest BCUT2D eigenvalue weighted by Gasteiger charge is -2.40. The molecule has 5 rings (SSSR count). The van der Waals surface area contributed by atoms with E-state index in [9.17, 15) is 4.79 Å². The van der Waals surface area contributed by atoms with Crippen LogP contribution in [-0.4, -0.2) is 92.4 Å². The number of carbonyl (C=O) groups excluding carboxylic acids is 1. The number of aliphatic imine (C=N–C) groups is 1. The van der Waals surface area contributed by atoms with Gasteiger partial charge in [-0.1, -0.05) is 0 Å².